The molecule has 7 heteroatoms. The molecule has 0 amide bonds. The van der Waals surface area contributed by atoms with Crippen molar-refractivity contribution in [1.82, 2.24) is 0 Å². The van der Waals surface area contributed by atoms with Crippen molar-refractivity contribution in [3.63, 3.8) is 0 Å². The topological polar surface area (TPSA) is 135 Å². The molecule has 2 aromatic rings. The lowest BCUT2D eigenvalue weighted by atomic mass is 9.79. The molecule has 0 spiro atoms. The molecule has 1 unspecified atom stereocenters. The number of benzene rings is 2. The quantitative estimate of drug-likeness (QED) is 0.0781. The van der Waals surface area contributed by atoms with Gasteiger partial charge in [-0.05, 0) is 66.7 Å². The molecule has 0 radical (unpaired) electrons. The highest BCUT2D eigenvalue weighted by atomic mass is 16.4. The summed E-state index contributed by atoms with van der Waals surface area (Å²) in [5, 5.41) is 48.5. The number of hydrogen-bond donors (Lipinski definition) is 5. The Labute approximate surface area is 236 Å². The molecule has 214 valence electrons. The minimum atomic E-state index is -1.71. The van der Waals surface area contributed by atoms with Gasteiger partial charge in [0.1, 0.15) is 6.10 Å². The molecular weight excluding hydrogens is 508 g/mol. The van der Waals surface area contributed by atoms with E-state index < -0.39 is 29.6 Å². The Hall–Kier alpha value is -3.76. The Morgan fingerprint density at radius 3 is 2.35 bits per heavy atom. The van der Waals surface area contributed by atoms with Gasteiger partial charge in [-0.15, -0.1) is 5.92 Å². The fraction of sp³-hybridized carbons (Fsp3) is 0.455. The van der Waals surface area contributed by atoms with Gasteiger partial charge in [0, 0.05) is 12.3 Å². The maximum Gasteiger partial charge on any atom is 0.374 e. The monoisotopic (exact) mass is 548 g/mol. The summed E-state index contributed by atoms with van der Waals surface area (Å²) in [6.07, 6.45) is 6.58. The lowest BCUT2D eigenvalue weighted by Gasteiger charge is -2.25. The first-order valence-electron chi connectivity index (χ1n) is 14.2. The van der Waals surface area contributed by atoms with Gasteiger partial charge >= 0.3 is 11.9 Å². The molecule has 0 heterocycles. The van der Waals surface area contributed by atoms with Gasteiger partial charge in [0.15, 0.2) is 5.76 Å². The molecule has 4 atom stereocenters. The van der Waals surface area contributed by atoms with Crippen LogP contribution in [-0.2, 0) is 4.79 Å². The number of carboxylic acid groups (broad SMARTS) is 2. The van der Waals surface area contributed by atoms with Crippen molar-refractivity contribution < 1.29 is 35.1 Å². The summed E-state index contributed by atoms with van der Waals surface area (Å²) in [6.45, 7) is 2.17. The van der Waals surface area contributed by atoms with Crippen molar-refractivity contribution in [3.05, 3.63) is 71.2 Å². The maximum absolute atomic E-state index is 12.2. The van der Waals surface area contributed by atoms with E-state index >= 15 is 0 Å². The predicted molar refractivity (Wildman–Crippen MR) is 154 cm³/mol. The van der Waals surface area contributed by atoms with E-state index in [0.29, 0.717) is 12.8 Å². The summed E-state index contributed by atoms with van der Waals surface area (Å²) in [6, 6.07) is 15.3. The minimum Gasteiger partial charge on any atom is -0.506 e. The molecule has 1 saturated carbocycles. The molecule has 1 fully saturated rings. The fourth-order valence-corrected chi connectivity index (χ4v) is 5.70. The van der Waals surface area contributed by atoms with E-state index in [2.05, 4.69) is 18.8 Å². The second-order valence-electron chi connectivity index (χ2n) is 10.5. The van der Waals surface area contributed by atoms with Crippen molar-refractivity contribution in [3.8, 4) is 23.0 Å². The van der Waals surface area contributed by atoms with E-state index in [0.717, 1.165) is 55.2 Å². The molecule has 2 aromatic carbocycles. The van der Waals surface area contributed by atoms with Crippen LogP contribution in [0.2, 0.25) is 0 Å². The number of aliphatic hydroxyl groups excluding tert-OH is 3. The van der Waals surface area contributed by atoms with E-state index in [4.69, 9.17) is 5.11 Å². The van der Waals surface area contributed by atoms with Crippen LogP contribution in [-0.4, -0.2) is 43.6 Å². The van der Waals surface area contributed by atoms with E-state index in [1.165, 1.54) is 6.42 Å². The van der Waals surface area contributed by atoms with Crippen LogP contribution < -0.4 is 0 Å². The highest BCUT2D eigenvalue weighted by molar-refractivity contribution is 5.90. The third-order valence-corrected chi connectivity index (χ3v) is 7.83. The standard InChI is InChI=1S/C33H40O7/c1-2-3-4-5-6-8-14-23-17-19-26(25(23)15-11-16-29(34)30(35)31(36)33(39)40)28-21-24(18-20-27(28)32(37)38)22-12-9-7-10-13-22/h7,9-10,12-13,18,20-21,23,25-26,29,34-36H,2-6,11,15-17,19H2,1H3,(H,37,38)(H,39,40)/t23-,25+,26?,29-/m0/s1. The molecule has 1 aliphatic rings. The van der Waals surface area contributed by atoms with Crippen molar-refractivity contribution in [1.29, 1.82) is 0 Å². The van der Waals surface area contributed by atoms with Crippen molar-refractivity contribution >= 4 is 11.9 Å². The molecule has 1 aliphatic carbocycles. The van der Waals surface area contributed by atoms with Crippen LogP contribution in [0.4, 0.5) is 0 Å². The van der Waals surface area contributed by atoms with Crippen LogP contribution in [0.1, 0.15) is 93.0 Å². The van der Waals surface area contributed by atoms with E-state index in [1.807, 2.05) is 42.5 Å². The zero-order valence-electron chi connectivity index (χ0n) is 23.1. The van der Waals surface area contributed by atoms with Crippen molar-refractivity contribution in [2.45, 2.75) is 83.2 Å². The van der Waals surface area contributed by atoms with Gasteiger partial charge in [-0.1, -0.05) is 81.0 Å². The van der Waals surface area contributed by atoms with Crippen LogP contribution in [0.15, 0.2) is 60.0 Å². The summed E-state index contributed by atoms with van der Waals surface area (Å²) < 4.78 is 0. The zero-order chi connectivity index (χ0) is 29.1. The molecular formula is C33H40O7. The van der Waals surface area contributed by atoms with Crippen LogP contribution in [0, 0.1) is 23.7 Å². The Bertz CT molecular complexity index is 1240. The summed E-state index contributed by atoms with van der Waals surface area (Å²) in [5.74, 6) is 1.94. The Kier molecular flexibility index (Phi) is 11.6. The number of unbranched alkanes of at least 4 members (excludes halogenated alkanes) is 4. The third-order valence-electron chi connectivity index (χ3n) is 7.83. The summed E-state index contributed by atoms with van der Waals surface area (Å²) in [5.41, 5.74) is 2.99. The fourth-order valence-electron chi connectivity index (χ4n) is 5.70. The lowest BCUT2D eigenvalue weighted by molar-refractivity contribution is -0.136. The van der Waals surface area contributed by atoms with Gasteiger partial charge < -0.3 is 25.5 Å². The van der Waals surface area contributed by atoms with Gasteiger partial charge in [-0.3, -0.25) is 0 Å². The van der Waals surface area contributed by atoms with Crippen molar-refractivity contribution in [2.24, 2.45) is 11.8 Å². The Morgan fingerprint density at radius 1 is 0.925 bits per heavy atom. The molecule has 0 saturated heterocycles. The van der Waals surface area contributed by atoms with Gasteiger partial charge in [-0.25, -0.2) is 9.59 Å². The molecule has 0 aliphatic heterocycles. The zero-order valence-corrected chi connectivity index (χ0v) is 23.1. The Morgan fingerprint density at radius 2 is 1.68 bits per heavy atom. The third kappa shape index (κ3) is 8.12. The largest absolute Gasteiger partial charge is 0.506 e. The number of carboxylic acids is 2. The number of aromatic carboxylic acids is 1. The van der Waals surface area contributed by atoms with E-state index in [9.17, 15) is 30.0 Å². The Balaban J connectivity index is 1.87. The summed E-state index contributed by atoms with van der Waals surface area (Å²) in [4.78, 5) is 23.2. The second kappa shape index (κ2) is 15.1. The SMILES string of the molecule is CCCCCCC#C[C@H]1CCC(c2cc(-c3ccccc3)ccc2C(=O)O)[C@@H]1CCC[C@H](O)C(O)=C(O)C(=O)O. The number of carbonyl (C=O) groups is 2. The molecule has 3 rings (SSSR count). The van der Waals surface area contributed by atoms with Crippen LogP contribution in [0.5, 0.6) is 0 Å². The van der Waals surface area contributed by atoms with E-state index in [-0.39, 0.29) is 29.7 Å². The lowest BCUT2D eigenvalue weighted by Crippen LogP contribution is -2.19. The van der Waals surface area contributed by atoms with Gasteiger partial charge in [-0.2, -0.15) is 0 Å². The first-order chi connectivity index (χ1) is 19.2. The maximum atomic E-state index is 12.2. The number of aliphatic hydroxyl groups is 3. The minimum absolute atomic E-state index is 0.0265. The normalized spacial score (nSPS) is 19.8. The number of hydrogen-bond acceptors (Lipinski definition) is 5. The molecule has 5 N–H and O–H groups in total. The predicted octanol–water partition coefficient (Wildman–Crippen LogP) is 7.08. The average molecular weight is 549 g/mol. The highest BCUT2D eigenvalue weighted by Gasteiger charge is 2.38. The summed E-state index contributed by atoms with van der Waals surface area (Å²) in [7, 11) is 0. The molecule has 7 nitrogen and oxygen atoms in total. The first-order valence-corrected chi connectivity index (χ1v) is 14.2. The van der Waals surface area contributed by atoms with E-state index in [1.54, 1.807) is 6.07 Å². The number of rotatable bonds is 13. The van der Waals surface area contributed by atoms with Gasteiger partial charge in [0.25, 0.3) is 0 Å². The number of aliphatic carboxylic acids is 1. The molecule has 0 aromatic heterocycles. The van der Waals surface area contributed by atoms with Crippen molar-refractivity contribution in [2.75, 3.05) is 0 Å². The second-order valence-corrected chi connectivity index (χ2v) is 10.5. The van der Waals surface area contributed by atoms with Crippen LogP contribution in [0.25, 0.3) is 11.1 Å². The van der Waals surface area contributed by atoms with Crippen LogP contribution in [0.3, 0.4) is 0 Å². The summed E-state index contributed by atoms with van der Waals surface area (Å²) >= 11 is 0. The highest BCUT2D eigenvalue weighted by Crippen LogP contribution is 2.47. The van der Waals surface area contributed by atoms with Gasteiger partial charge in [0.05, 0.1) is 5.56 Å². The smallest absolute Gasteiger partial charge is 0.374 e. The molecule has 0 bridgehead atoms. The first kappa shape index (κ1) is 30.8. The average Bonchev–Trinajstić information content (AvgIpc) is 3.36. The molecule has 40 heavy (non-hydrogen) atoms. The van der Waals surface area contributed by atoms with Gasteiger partial charge in [0.2, 0.25) is 5.76 Å². The van der Waals surface area contributed by atoms with Crippen LogP contribution >= 0.6 is 0 Å².